The summed E-state index contributed by atoms with van der Waals surface area (Å²) in [5, 5.41) is 11.3. The Kier molecular flexibility index (Phi) is 1.62. The van der Waals surface area contributed by atoms with Gasteiger partial charge in [0, 0.05) is 5.33 Å². The van der Waals surface area contributed by atoms with Crippen LogP contribution in [-0.2, 0) is 5.33 Å². The maximum absolute atomic E-state index is 3.95. The van der Waals surface area contributed by atoms with Crippen LogP contribution in [0.15, 0.2) is 18.2 Å². The summed E-state index contributed by atoms with van der Waals surface area (Å²) < 4.78 is 0. The van der Waals surface area contributed by atoms with Gasteiger partial charge in [-0.1, -0.05) is 33.3 Å². The fourth-order valence-electron chi connectivity index (χ4n) is 1.04. The molecule has 2 rings (SSSR count). The number of hydrogen-bond acceptors (Lipinski definition) is 2. The lowest BCUT2D eigenvalue weighted by Gasteiger charge is -1.92. The number of halogens is 1. The molecule has 56 valence electrons. The fraction of sp³-hybridized carbons (Fsp3) is 0.143. The Bertz CT molecular complexity index is 368. The van der Waals surface area contributed by atoms with Crippen molar-refractivity contribution in [2.24, 2.45) is 0 Å². The Morgan fingerprint density at radius 1 is 1.45 bits per heavy atom. The van der Waals surface area contributed by atoms with Crippen molar-refractivity contribution in [2.75, 3.05) is 0 Å². The van der Waals surface area contributed by atoms with Crippen molar-refractivity contribution in [1.29, 1.82) is 0 Å². The predicted molar refractivity (Wildman–Crippen MR) is 46.5 cm³/mol. The van der Waals surface area contributed by atoms with Crippen LogP contribution in [0.25, 0.3) is 11.0 Å². The number of H-pyrrole nitrogens is 1. The largest absolute Gasteiger partial charge is 0.258 e. The van der Waals surface area contributed by atoms with E-state index in [9.17, 15) is 0 Å². The van der Waals surface area contributed by atoms with E-state index in [1.165, 1.54) is 0 Å². The normalized spacial score (nSPS) is 10.6. The summed E-state index contributed by atoms with van der Waals surface area (Å²) in [4.78, 5) is 0. The summed E-state index contributed by atoms with van der Waals surface area (Å²) in [6, 6.07) is 5.97. The SMILES string of the molecule is BrCc1cccc2[nH]nnc12. The molecule has 0 aliphatic rings. The first-order chi connectivity index (χ1) is 5.42. The van der Waals surface area contributed by atoms with Gasteiger partial charge in [0.25, 0.3) is 0 Å². The number of benzene rings is 1. The van der Waals surface area contributed by atoms with Crippen LogP contribution in [0.3, 0.4) is 0 Å². The van der Waals surface area contributed by atoms with Gasteiger partial charge in [0.1, 0.15) is 5.52 Å². The van der Waals surface area contributed by atoms with Crippen LogP contribution in [0.2, 0.25) is 0 Å². The predicted octanol–water partition coefficient (Wildman–Crippen LogP) is 1.85. The van der Waals surface area contributed by atoms with E-state index in [-0.39, 0.29) is 0 Å². The lowest BCUT2D eigenvalue weighted by atomic mass is 10.2. The van der Waals surface area contributed by atoms with Crippen LogP contribution in [0.5, 0.6) is 0 Å². The molecule has 4 heteroatoms. The lowest BCUT2D eigenvalue weighted by molar-refractivity contribution is 0.958. The second-order valence-electron chi connectivity index (χ2n) is 2.26. The summed E-state index contributed by atoms with van der Waals surface area (Å²) >= 11 is 3.38. The van der Waals surface area contributed by atoms with Crippen LogP contribution in [-0.4, -0.2) is 15.4 Å². The fourth-order valence-corrected chi connectivity index (χ4v) is 1.49. The van der Waals surface area contributed by atoms with Gasteiger partial charge in [0.05, 0.1) is 5.52 Å². The zero-order valence-corrected chi connectivity index (χ0v) is 7.30. The maximum atomic E-state index is 3.95. The van der Waals surface area contributed by atoms with Crippen LogP contribution < -0.4 is 0 Å². The van der Waals surface area contributed by atoms with Gasteiger partial charge in [-0.3, -0.25) is 5.10 Å². The molecular weight excluding hydrogens is 206 g/mol. The van der Waals surface area contributed by atoms with Crippen LogP contribution in [0, 0.1) is 0 Å². The summed E-state index contributed by atoms with van der Waals surface area (Å²) in [7, 11) is 0. The molecule has 1 aromatic carbocycles. The summed E-state index contributed by atoms with van der Waals surface area (Å²) in [6.45, 7) is 0. The Morgan fingerprint density at radius 2 is 2.36 bits per heavy atom. The molecule has 0 unspecified atom stereocenters. The number of alkyl halides is 1. The lowest BCUT2D eigenvalue weighted by Crippen LogP contribution is -1.79. The molecule has 2 aromatic rings. The van der Waals surface area contributed by atoms with E-state index in [1.54, 1.807) is 0 Å². The highest BCUT2D eigenvalue weighted by atomic mass is 79.9. The molecule has 0 atom stereocenters. The number of nitrogens with zero attached hydrogens (tertiary/aromatic N) is 2. The Morgan fingerprint density at radius 3 is 3.18 bits per heavy atom. The van der Waals surface area contributed by atoms with Gasteiger partial charge in [-0.25, -0.2) is 0 Å². The van der Waals surface area contributed by atoms with Gasteiger partial charge in [0.2, 0.25) is 0 Å². The topological polar surface area (TPSA) is 41.6 Å². The van der Waals surface area contributed by atoms with Gasteiger partial charge < -0.3 is 0 Å². The van der Waals surface area contributed by atoms with Crippen molar-refractivity contribution in [3.05, 3.63) is 23.8 Å². The van der Waals surface area contributed by atoms with Crippen LogP contribution >= 0.6 is 15.9 Å². The molecule has 0 fully saturated rings. The van der Waals surface area contributed by atoms with Gasteiger partial charge in [-0.15, -0.1) is 5.10 Å². The van der Waals surface area contributed by atoms with Crippen molar-refractivity contribution in [2.45, 2.75) is 5.33 Å². The summed E-state index contributed by atoms with van der Waals surface area (Å²) in [6.07, 6.45) is 0. The van der Waals surface area contributed by atoms with E-state index in [0.717, 1.165) is 21.9 Å². The van der Waals surface area contributed by atoms with E-state index in [2.05, 4.69) is 31.3 Å². The highest BCUT2D eigenvalue weighted by molar-refractivity contribution is 9.08. The van der Waals surface area contributed by atoms with Crippen LogP contribution in [0.1, 0.15) is 5.56 Å². The molecule has 0 aliphatic heterocycles. The molecule has 0 radical (unpaired) electrons. The molecule has 0 bridgehead atoms. The maximum Gasteiger partial charge on any atom is 0.116 e. The monoisotopic (exact) mass is 211 g/mol. The summed E-state index contributed by atoms with van der Waals surface area (Å²) in [5.41, 5.74) is 3.10. The molecular formula is C7H6BrN3. The molecule has 0 saturated carbocycles. The second kappa shape index (κ2) is 2.62. The van der Waals surface area contributed by atoms with Crippen molar-refractivity contribution in [3.63, 3.8) is 0 Å². The van der Waals surface area contributed by atoms with Gasteiger partial charge in [0.15, 0.2) is 0 Å². The number of rotatable bonds is 1. The van der Waals surface area contributed by atoms with E-state index < -0.39 is 0 Å². The molecule has 1 N–H and O–H groups in total. The molecule has 0 spiro atoms. The zero-order chi connectivity index (χ0) is 7.68. The molecule has 0 amide bonds. The van der Waals surface area contributed by atoms with Gasteiger partial charge in [-0.05, 0) is 11.6 Å². The van der Waals surface area contributed by atoms with E-state index in [0.29, 0.717) is 0 Å². The standard InChI is InChI=1S/C7H6BrN3/c8-4-5-2-1-3-6-7(5)10-11-9-6/h1-3H,4H2,(H,9,10,11). The number of hydrogen-bond donors (Lipinski definition) is 1. The average molecular weight is 212 g/mol. The number of aromatic amines is 1. The third kappa shape index (κ3) is 1.03. The van der Waals surface area contributed by atoms with Crippen molar-refractivity contribution in [1.82, 2.24) is 15.4 Å². The minimum atomic E-state index is 0.816. The molecule has 0 aliphatic carbocycles. The molecule has 1 heterocycles. The first-order valence-electron chi connectivity index (χ1n) is 3.26. The summed E-state index contributed by atoms with van der Waals surface area (Å²) in [5.74, 6) is 0. The van der Waals surface area contributed by atoms with Crippen LogP contribution in [0.4, 0.5) is 0 Å². The third-order valence-electron chi connectivity index (χ3n) is 1.58. The van der Waals surface area contributed by atoms with Crippen molar-refractivity contribution < 1.29 is 0 Å². The Labute approximate surface area is 71.9 Å². The first-order valence-corrected chi connectivity index (χ1v) is 4.38. The smallest absolute Gasteiger partial charge is 0.116 e. The van der Waals surface area contributed by atoms with E-state index in [4.69, 9.17) is 0 Å². The van der Waals surface area contributed by atoms with Gasteiger partial charge in [-0.2, -0.15) is 0 Å². The highest BCUT2D eigenvalue weighted by Gasteiger charge is 2.00. The zero-order valence-electron chi connectivity index (χ0n) is 5.71. The minimum absolute atomic E-state index is 0.816. The van der Waals surface area contributed by atoms with Crippen molar-refractivity contribution >= 4 is 27.0 Å². The number of nitrogens with one attached hydrogen (secondary N) is 1. The Hall–Kier alpha value is -0.900. The van der Waals surface area contributed by atoms with Crippen molar-refractivity contribution in [3.8, 4) is 0 Å². The average Bonchev–Trinajstić information content (AvgIpc) is 2.50. The third-order valence-corrected chi connectivity index (χ3v) is 2.19. The molecule has 3 nitrogen and oxygen atoms in total. The minimum Gasteiger partial charge on any atom is -0.258 e. The molecule has 11 heavy (non-hydrogen) atoms. The molecule has 0 saturated heterocycles. The second-order valence-corrected chi connectivity index (χ2v) is 2.82. The van der Waals surface area contributed by atoms with E-state index in [1.807, 2.05) is 18.2 Å². The molecule has 1 aromatic heterocycles. The van der Waals surface area contributed by atoms with Gasteiger partial charge >= 0.3 is 0 Å². The first kappa shape index (κ1) is 6.79. The highest BCUT2D eigenvalue weighted by Crippen LogP contribution is 2.15. The number of fused-ring (bicyclic) bond motifs is 1. The van der Waals surface area contributed by atoms with E-state index >= 15 is 0 Å². The number of aromatic nitrogens is 3. The Balaban J connectivity index is 2.79. The quantitative estimate of drug-likeness (QED) is 0.733.